The fourth-order valence-corrected chi connectivity index (χ4v) is 7.66. The first-order chi connectivity index (χ1) is 9.44. The smallest absolute Gasteiger partial charge is 0.123 e. The van der Waals surface area contributed by atoms with E-state index in [1.54, 1.807) is 0 Å². The first-order valence-corrected chi connectivity index (χ1v) is 9.18. The molecule has 0 aliphatic heterocycles. The lowest BCUT2D eigenvalue weighted by atomic mass is 9.40. The van der Waals surface area contributed by atoms with Gasteiger partial charge in [-0.15, -0.1) is 33.1 Å². The van der Waals surface area contributed by atoms with Crippen LogP contribution in [0.3, 0.4) is 0 Å². The van der Waals surface area contributed by atoms with Crippen molar-refractivity contribution < 1.29 is 0 Å². The van der Waals surface area contributed by atoms with Crippen molar-refractivity contribution in [1.82, 2.24) is 10.2 Å². The van der Waals surface area contributed by atoms with Crippen molar-refractivity contribution in [2.45, 2.75) is 64.2 Å². The van der Waals surface area contributed by atoms with Crippen molar-refractivity contribution in [2.24, 2.45) is 16.7 Å². The highest BCUT2D eigenvalue weighted by Crippen LogP contribution is 2.69. The van der Waals surface area contributed by atoms with Crippen LogP contribution in [-0.2, 0) is 11.8 Å². The summed E-state index contributed by atoms with van der Waals surface area (Å²) in [6.45, 7) is 5.04. The van der Waals surface area contributed by atoms with Crippen LogP contribution in [0.2, 0.25) is 0 Å². The van der Waals surface area contributed by atoms with Crippen LogP contribution in [0.4, 0.5) is 0 Å². The molecule has 2 unspecified atom stereocenters. The molecule has 4 aliphatic carbocycles. The highest BCUT2D eigenvalue weighted by atomic mass is 35.5. The number of hydrogen-bond acceptors (Lipinski definition) is 3. The zero-order chi connectivity index (χ0) is 14.0. The summed E-state index contributed by atoms with van der Waals surface area (Å²) in [6.07, 6.45) is 9.20. The maximum atomic E-state index is 5.85. The van der Waals surface area contributed by atoms with Gasteiger partial charge in [-0.1, -0.05) is 13.8 Å². The summed E-state index contributed by atoms with van der Waals surface area (Å²) in [4.78, 5) is 0. The predicted octanol–water partition coefficient (Wildman–Crippen LogP) is 4.57. The Morgan fingerprint density at radius 1 is 1.10 bits per heavy atom. The Kier molecular flexibility index (Phi) is 2.83. The van der Waals surface area contributed by atoms with Crippen LogP contribution in [0.5, 0.6) is 0 Å². The van der Waals surface area contributed by atoms with Crippen LogP contribution in [0.15, 0.2) is 0 Å². The Hall–Kier alpha value is -0.150. The van der Waals surface area contributed by atoms with Crippen molar-refractivity contribution in [1.29, 1.82) is 0 Å². The SMILES string of the molecule is CC12CC3CC(C)(C1)CC(c1nnc(CCCl)s1)(C3)C2. The molecule has 0 radical (unpaired) electrons. The number of alkyl halides is 1. The Bertz CT molecular complexity index is 522. The molecule has 1 aromatic heterocycles. The second-order valence-electron chi connectivity index (χ2n) is 8.35. The minimum Gasteiger partial charge on any atom is -0.143 e. The number of rotatable bonds is 3. The first-order valence-electron chi connectivity index (χ1n) is 7.83. The van der Waals surface area contributed by atoms with Crippen molar-refractivity contribution in [3.8, 4) is 0 Å². The van der Waals surface area contributed by atoms with E-state index in [4.69, 9.17) is 11.6 Å². The van der Waals surface area contributed by atoms with Crippen molar-refractivity contribution >= 4 is 22.9 Å². The van der Waals surface area contributed by atoms with E-state index in [0.29, 0.717) is 22.1 Å². The van der Waals surface area contributed by atoms with Crippen LogP contribution in [-0.4, -0.2) is 16.1 Å². The number of aryl methyl sites for hydroxylation is 1. The van der Waals surface area contributed by atoms with Gasteiger partial charge in [-0.25, -0.2) is 0 Å². The minimum absolute atomic E-state index is 0.338. The molecule has 1 aromatic rings. The summed E-state index contributed by atoms with van der Waals surface area (Å²) in [5, 5.41) is 11.4. The fraction of sp³-hybridized carbons (Fsp3) is 0.875. The van der Waals surface area contributed by atoms with E-state index >= 15 is 0 Å². The van der Waals surface area contributed by atoms with Crippen LogP contribution >= 0.6 is 22.9 Å². The molecule has 0 spiro atoms. The summed E-state index contributed by atoms with van der Waals surface area (Å²) in [5.74, 6) is 1.57. The molecule has 4 saturated carbocycles. The van der Waals surface area contributed by atoms with Gasteiger partial charge in [0.1, 0.15) is 10.0 Å². The standard InChI is InChI=1S/C16H23ClN2S/c1-14-5-11-6-15(2,8-14)10-16(7-11,9-14)13-19-18-12(20-13)3-4-17/h11H,3-10H2,1-2H3. The van der Waals surface area contributed by atoms with Crippen LogP contribution in [0.1, 0.15) is 62.4 Å². The van der Waals surface area contributed by atoms with Crippen molar-refractivity contribution in [3.05, 3.63) is 10.0 Å². The third-order valence-corrected chi connectivity index (χ3v) is 7.27. The summed E-state index contributed by atoms with van der Waals surface area (Å²) in [6, 6.07) is 0. The van der Waals surface area contributed by atoms with E-state index in [2.05, 4.69) is 24.0 Å². The Balaban J connectivity index is 1.72. The monoisotopic (exact) mass is 310 g/mol. The van der Waals surface area contributed by atoms with Gasteiger partial charge in [-0.2, -0.15) is 0 Å². The van der Waals surface area contributed by atoms with E-state index in [1.807, 2.05) is 11.3 Å². The van der Waals surface area contributed by atoms with Gasteiger partial charge >= 0.3 is 0 Å². The summed E-state index contributed by atoms with van der Waals surface area (Å²) in [7, 11) is 0. The summed E-state index contributed by atoms with van der Waals surface area (Å²) < 4.78 is 0. The first kappa shape index (κ1) is 13.5. The molecule has 0 N–H and O–H groups in total. The Morgan fingerprint density at radius 2 is 1.80 bits per heavy atom. The van der Waals surface area contributed by atoms with E-state index in [1.165, 1.54) is 43.5 Å². The molecule has 2 nitrogen and oxygen atoms in total. The quantitative estimate of drug-likeness (QED) is 0.764. The average molecular weight is 311 g/mol. The van der Waals surface area contributed by atoms with Gasteiger partial charge in [0.2, 0.25) is 0 Å². The van der Waals surface area contributed by atoms with Crippen molar-refractivity contribution in [3.63, 3.8) is 0 Å². The topological polar surface area (TPSA) is 25.8 Å². The maximum Gasteiger partial charge on any atom is 0.123 e. The van der Waals surface area contributed by atoms with Gasteiger partial charge in [0, 0.05) is 17.7 Å². The molecule has 1 heterocycles. The van der Waals surface area contributed by atoms with Crippen molar-refractivity contribution in [2.75, 3.05) is 5.88 Å². The highest BCUT2D eigenvalue weighted by Gasteiger charge is 2.61. The fourth-order valence-electron chi connectivity index (χ4n) is 6.34. The third-order valence-electron chi connectivity index (χ3n) is 5.86. The second-order valence-corrected chi connectivity index (χ2v) is 9.79. The highest BCUT2D eigenvalue weighted by molar-refractivity contribution is 7.11. The van der Waals surface area contributed by atoms with E-state index in [-0.39, 0.29) is 0 Å². The molecule has 4 fully saturated rings. The summed E-state index contributed by atoms with van der Waals surface area (Å²) in [5.41, 5.74) is 1.43. The van der Waals surface area contributed by atoms with Gasteiger partial charge in [-0.3, -0.25) is 0 Å². The second kappa shape index (κ2) is 4.19. The molecule has 0 saturated heterocycles. The lowest BCUT2D eigenvalue weighted by Crippen LogP contribution is -2.56. The predicted molar refractivity (Wildman–Crippen MR) is 83.4 cm³/mol. The zero-order valence-electron chi connectivity index (χ0n) is 12.4. The van der Waals surface area contributed by atoms with Crippen LogP contribution in [0, 0.1) is 16.7 Å². The molecule has 5 rings (SSSR count). The van der Waals surface area contributed by atoms with Gasteiger partial charge in [0.25, 0.3) is 0 Å². The van der Waals surface area contributed by atoms with E-state index < -0.39 is 0 Å². The molecule has 20 heavy (non-hydrogen) atoms. The zero-order valence-corrected chi connectivity index (χ0v) is 14.0. The number of hydrogen-bond donors (Lipinski definition) is 0. The molecule has 2 atom stereocenters. The molecule has 4 aliphatic rings. The van der Waals surface area contributed by atoms with E-state index in [9.17, 15) is 0 Å². The third kappa shape index (κ3) is 1.96. The number of halogens is 1. The van der Waals surface area contributed by atoms with E-state index in [0.717, 1.165) is 17.3 Å². The van der Waals surface area contributed by atoms with Gasteiger partial charge in [-0.05, 0) is 55.3 Å². The molecule has 0 amide bonds. The molecule has 4 bridgehead atoms. The Morgan fingerprint density at radius 3 is 2.40 bits per heavy atom. The molecule has 0 aromatic carbocycles. The number of nitrogens with zero attached hydrogens (tertiary/aromatic N) is 2. The average Bonchev–Trinajstić information content (AvgIpc) is 2.73. The largest absolute Gasteiger partial charge is 0.143 e. The lowest BCUT2D eigenvalue weighted by Gasteiger charge is -2.64. The maximum absolute atomic E-state index is 5.85. The number of aromatic nitrogens is 2. The minimum atomic E-state index is 0.338. The Labute approximate surface area is 130 Å². The molecule has 4 heteroatoms. The van der Waals surface area contributed by atoms with Gasteiger partial charge in [0.05, 0.1) is 0 Å². The van der Waals surface area contributed by atoms with Crippen LogP contribution < -0.4 is 0 Å². The summed E-state index contributed by atoms with van der Waals surface area (Å²) >= 11 is 7.68. The van der Waals surface area contributed by atoms with Crippen LogP contribution in [0.25, 0.3) is 0 Å². The molecular formula is C16H23ClN2S. The van der Waals surface area contributed by atoms with Gasteiger partial charge < -0.3 is 0 Å². The molecular weight excluding hydrogens is 288 g/mol. The molecule has 110 valence electrons. The normalized spacial score (nSPS) is 46.0. The lowest BCUT2D eigenvalue weighted by molar-refractivity contribution is -0.110. The van der Waals surface area contributed by atoms with Gasteiger partial charge in [0.15, 0.2) is 0 Å².